The van der Waals surface area contributed by atoms with Crippen LogP contribution in [-0.4, -0.2) is 32.0 Å². The van der Waals surface area contributed by atoms with Gasteiger partial charge in [-0.1, -0.05) is 12.1 Å². The molecule has 0 heterocycles. The Morgan fingerprint density at radius 2 is 2.00 bits per heavy atom. The van der Waals surface area contributed by atoms with Crippen molar-refractivity contribution in [3.63, 3.8) is 0 Å². The zero-order valence-corrected chi connectivity index (χ0v) is 12.9. The van der Waals surface area contributed by atoms with Crippen LogP contribution in [0.15, 0.2) is 42.5 Å². The van der Waals surface area contributed by atoms with E-state index in [1.54, 1.807) is 6.07 Å². The zero-order valence-electron chi connectivity index (χ0n) is 12.9. The average molecular weight is 302 g/mol. The normalized spacial score (nSPS) is 10.6. The van der Waals surface area contributed by atoms with Crippen molar-refractivity contribution in [1.82, 2.24) is 4.90 Å². The van der Waals surface area contributed by atoms with Gasteiger partial charge in [0.05, 0.1) is 12.8 Å². The topological polar surface area (TPSA) is 41.6 Å². The van der Waals surface area contributed by atoms with Crippen LogP contribution in [0.1, 0.15) is 15.9 Å². The fourth-order valence-electron chi connectivity index (χ4n) is 2.15. The van der Waals surface area contributed by atoms with Crippen molar-refractivity contribution < 1.29 is 13.9 Å². The SMILES string of the molecule is COc1ccc(F)cc1NC(=O)c1cccc(CN(C)C)c1. The number of methoxy groups -OCH3 is 1. The summed E-state index contributed by atoms with van der Waals surface area (Å²) in [7, 11) is 5.40. The first kappa shape index (κ1) is 16.0. The maximum absolute atomic E-state index is 13.3. The molecule has 0 aliphatic carbocycles. The van der Waals surface area contributed by atoms with Gasteiger partial charge in [0.1, 0.15) is 11.6 Å². The molecule has 0 aromatic heterocycles. The van der Waals surface area contributed by atoms with Crippen LogP contribution in [0.5, 0.6) is 5.75 Å². The molecule has 0 saturated carbocycles. The lowest BCUT2D eigenvalue weighted by Gasteiger charge is -2.12. The smallest absolute Gasteiger partial charge is 0.255 e. The monoisotopic (exact) mass is 302 g/mol. The standard InChI is InChI=1S/C17H19FN2O2/c1-20(2)11-12-5-4-6-13(9-12)17(21)19-15-10-14(18)7-8-16(15)22-3/h4-10H,11H2,1-3H3,(H,19,21). The molecule has 2 aromatic carbocycles. The molecule has 2 rings (SSSR count). The van der Waals surface area contributed by atoms with E-state index in [0.29, 0.717) is 17.0 Å². The number of carbonyl (C=O) groups excluding carboxylic acids is 1. The third kappa shape index (κ3) is 4.05. The molecular weight excluding hydrogens is 283 g/mol. The summed E-state index contributed by atoms with van der Waals surface area (Å²) in [4.78, 5) is 14.3. The number of carbonyl (C=O) groups is 1. The van der Waals surface area contributed by atoms with Crippen LogP contribution in [0.3, 0.4) is 0 Å². The summed E-state index contributed by atoms with van der Waals surface area (Å²) in [6.45, 7) is 0.740. The summed E-state index contributed by atoms with van der Waals surface area (Å²) in [6.07, 6.45) is 0. The van der Waals surface area contributed by atoms with Gasteiger partial charge >= 0.3 is 0 Å². The minimum absolute atomic E-state index is 0.301. The molecule has 0 saturated heterocycles. The molecule has 1 N–H and O–H groups in total. The average Bonchev–Trinajstić information content (AvgIpc) is 2.47. The van der Waals surface area contributed by atoms with Gasteiger partial charge < -0.3 is 15.0 Å². The molecule has 1 amide bonds. The first-order valence-electron chi connectivity index (χ1n) is 6.88. The summed E-state index contributed by atoms with van der Waals surface area (Å²) in [5.41, 5.74) is 1.86. The Hall–Kier alpha value is -2.40. The number of halogens is 1. The van der Waals surface area contributed by atoms with Gasteiger partial charge in [-0.15, -0.1) is 0 Å². The van der Waals surface area contributed by atoms with Gasteiger partial charge in [0.25, 0.3) is 5.91 Å². The van der Waals surface area contributed by atoms with Crippen molar-refractivity contribution in [1.29, 1.82) is 0 Å². The summed E-state index contributed by atoms with van der Waals surface area (Å²) in [5, 5.41) is 2.68. The fraction of sp³-hybridized carbons (Fsp3) is 0.235. The largest absolute Gasteiger partial charge is 0.495 e. The molecule has 0 bridgehead atoms. The van der Waals surface area contributed by atoms with E-state index in [1.165, 1.54) is 25.3 Å². The van der Waals surface area contributed by atoms with Gasteiger partial charge in [-0.2, -0.15) is 0 Å². The van der Waals surface area contributed by atoms with E-state index in [-0.39, 0.29) is 5.91 Å². The van der Waals surface area contributed by atoms with Crippen LogP contribution in [0.4, 0.5) is 10.1 Å². The van der Waals surface area contributed by atoms with Crippen LogP contribution in [0, 0.1) is 5.82 Å². The van der Waals surface area contributed by atoms with Crippen LogP contribution in [0.25, 0.3) is 0 Å². The Morgan fingerprint density at radius 1 is 1.23 bits per heavy atom. The Bertz CT molecular complexity index is 671. The molecule has 0 fully saturated rings. The second-order valence-corrected chi connectivity index (χ2v) is 5.24. The van der Waals surface area contributed by atoms with E-state index < -0.39 is 5.82 Å². The lowest BCUT2D eigenvalue weighted by Crippen LogP contribution is -2.15. The molecule has 4 nitrogen and oxygen atoms in total. The number of nitrogens with zero attached hydrogens (tertiary/aromatic N) is 1. The number of hydrogen-bond acceptors (Lipinski definition) is 3. The zero-order chi connectivity index (χ0) is 16.1. The van der Waals surface area contributed by atoms with E-state index in [9.17, 15) is 9.18 Å². The quantitative estimate of drug-likeness (QED) is 0.922. The molecule has 0 spiro atoms. The van der Waals surface area contributed by atoms with E-state index in [0.717, 1.165) is 12.1 Å². The second kappa shape index (κ2) is 7.04. The number of hydrogen-bond donors (Lipinski definition) is 1. The number of ether oxygens (including phenoxy) is 1. The second-order valence-electron chi connectivity index (χ2n) is 5.24. The Labute approximate surface area is 129 Å². The summed E-state index contributed by atoms with van der Waals surface area (Å²) in [6, 6.07) is 11.3. The Balaban J connectivity index is 2.20. The van der Waals surface area contributed by atoms with Gasteiger partial charge in [0, 0.05) is 18.2 Å². The van der Waals surface area contributed by atoms with Crippen LogP contribution in [-0.2, 0) is 6.54 Å². The number of anilines is 1. The highest BCUT2D eigenvalue weighted by Gasteiger charge is 2.11. The first-order chi connectivity index (χ1) is 10.5. The molecule has 0 radical (unpaired) electrons. The Morgan fingerprint density at radius 3 is 2.68 bits per heavy atom. The molecule has 116 valence electrons. The number of rotatable bonds is 5. The van der Waals surface area contributed by atoms with Crippen LogP contribution in [0.2, 0.25) is 0 Å². The fourth-order valence-corrected chi connectivity index (χ4v) is 2.15. The molecule has 0 aliphatic heterocycles. The number of nitrogens with one attached hydrogen (secondary N) is 1. The van der Waals surface area contributed by atoms with Crippen LogP contribution >= 0.6 is 0 Å². The molecule has 0 unspecified atom stereocenters. The maximum atomic E-state index is 13.3. The highest BCUT2D eigenvalue weighted by Crippen LogP contribution is 2.25. The highest BCUT2D eigenvalue weighted by molar-refractivity contribution is 6.05. The van der Waals surface area contributed by atoms with Gasteiger partial charge in [-0.25, -0.2) is 4.39 Å². The van der Waals surface area contributed by atoms with E-state index >= 15 is 0 Å². The van der Waals surface area contributed by atoms with Gasteiger partial charge in [0.15, 0.2) is 0 Å². The molecule has 0 atom stereocenters. The van der Waals surface area contributed by atoms with Crippen molar-refractivity contribution in [2.45, 2.75) is 6.54 Å². The van der Waals surface area contributed by atoms with E-state index in [4.69, 9.17) is 4.74 Å². The third-order valence-electron chi connectivity index (χ3n) is 3.10. The molecule has 2 aromatic rings. The van der Waals surface area contributed by atoms with Crippen molar-refractivity contribution in [3.8, 4) is 5.75 Å². The van der Waals surface area contributed by atoms with E-state index in [2.05, 4.69) is 5.32 Å². The van der Waals surface area contributed by atoms with Crippen molar-refractivity contribution in [2.75, 3.05) is 26.5 Å². The first-order valence-corrected chi connectivity index (χ1v) is 6.88. The maximum Gasteiger partial charge on any atom is 0.255 e. The molecule has 0 aliphatic rings. The third-order valence-corrected chi connectivity index (χ3v) is 3.10. The van der Waals surface area contributed by atoms with Gasteiger partial charge in [-0.05, 0) is 43.9 Å². The minimum atomic E-state index is -0.433. The van der Waals surface area contributed by atoms with E-state index in [1.807, 2.05) is 37.2 Å². The summed E-state index contributed by atoms with van der Waals surface area (Å²) >= 11 is 0. The highest BCUT2D eigenvalue weighted by atomic mass is 19.1. The van der Waals surface area contributed by atoms with Crippen molar-refractivity contribution in [2.24, 2.45) is 0 Å². The number of amides is 1. The number of benzene rings is 2. The van der Waals surface area contributed by atoms with Gasteiger partial charge in [0.2, 0.25) is 0 Å². The molecular formula is C17H19FN2O2. The van der Waals surface area contributed by atoms with Crippen molar-refractivity contribution in [3.05, 3.63) is 59.4 Å². The minimum Gasteiger partial charge on any atom is -0.495 e. The molecule has 22 heavy (non-hydrogen) atoms. The predicted octanol–water partition coefficient (Wildman–Crippen LogP) is 3.15. The predicted molar refractivity (Wildman–Crippen MR) is 84.7 cm³/mol. The summed E-state index contributed by atoms with van der Waals surface area (Å²) < 4.78 is 18.5. The summed E-state index contributed by atoms with van der Waals surface area (Å²) in [5.74, 6) is -0.318. The lowest BCUT2D eigenvalue weighted by atomic mass is 10.1. The van der Waals surface area contributed by atoms with Crippen molar-refractivity contribution >= 4 is 11.6 Å². The molecule has 5 heteroatoms. The Kier molecular flexibility index (Phi) is 5.12. The van der Waals surface area contributed by atoms with Gasteiger partial charge in [-0.3, -0.25) is 4.79 Å². The lowest BCUT2D eigenvalue weighted by molar-refractivity contribution is 0.102. The van der Waals surface area contributed by atoms with Crippen LogP contribution < -0.4 is 10.1 Å².